The summed E-state index contributed by atoms with van der Waals surface area (Å²) < 4.78 is 5.31. The van der Waals surface area contributed by atoms with Gasteiger partial charge in [0.15, 0.2) is 5.11 Å². The van der Waals surface area contributed by atoms with Crippen molar-refractivity contribution < 1.29 is 14.3 Å². The molecule has 0 unspecified atom stereocenters. The molecule has 0 heterocycles. The monoisotopic (exact) mass is 439 g/mol. The van der Waals surface area contributed by atoms with Crippen molar-refractivity contribution in [1.82, 2.24) is 5.32 Å². The summed E-state index contributed by atoms with van der Waals surface area (Å²) in [5.74, 6) is -0.299. The van der Waals surface area contributed by atoms with Gasteiger partial charge in [-0.15, -0.1) is 0 Å². The summed E-state index contributed by atoms with van der Waals surface area (Å²) in [7, 11) is 1.49. The number of methoxy groups -OCH3 is 1. The maximum atomic E-state index is 12.3. The van der Waals surface area contributed by atoms with Crippen LogP contribution in [-0.4, -0.2) is 24.0 Å². The summed E-state index contributed by atoms with van der Waals surface area (Å²) in [6.45, 7) is 3.59. The molecular formula is C19H19Cl2N3O3S. The van der Waals surface area contributed by atoms with Crippen LogP contribution in [0.5, 0.6) is 5.75 Å². The highest BCUT2D eigenvalue weighted by atomic mass is 35.5. The first kappa shape index (κ1) is 21.9. The van der Waals surface area contributed by atoms with E-state index in [1.807, 2.05) is 0 Å². The van der Waals surface area contributed by atoms with Gasteiger partial charge < -0.3 is 15.4 Å². The van der Waals surface area contributed by atoms with Crippen LogP contribution in [0.4, 0.5) is 11.4 Å². The van der Waals surface area contributed by atoms with E-state index in [-0.39, 0.29) is 27.5 Å². The van der Waals surface area contributed by atoms with Gasteiger partial charge in [0.1, 0.15) is 5.75 Å². The van der Waals surface area contributed by atoms with Crippen molar-refractivity contribution >= 4 is 63.7 Å². The number of nitrogens with one attached hydrogen (secondary N) is 3. The number of hydrogen-bond acceptors (Lipinski definition) is 4. The summed E-state index contributed by atoms with van der Waals surface area (Å²) in [6, 6.07) is 9.59. The van der Waals surface area contributed by atoms with Crippen molar-refractivity contribution in [2.45, 2.75) is 13.8 Å². The molecule has 0 atom stereocenters. The first-order valence-corrected chi connectivity index (χ1v) is 9.44. The van der Waals surface area contributed by atoms with Crippen molar-refractivity contribution in [3.8, 4) is 5.75 Å². The highest BCUT2D eigenvalue weighted by Crippen LogP contribution is 2.28. The van der Waals surface area contributed by atoms with Crippen molar-refractivity contribution in [3.05, 3.63) is 52.0 Å². The predicted molar refractivity (Wildman–Crippen MR) is 117 cm³/mol. The lowest BCUT2D eigenvalue weighted by molar-refractivity contribution is -0.118. The van der Waals surface area contributed by atoms with Gasteiger partial charge in [-0.2, -0.15) is 0 Å². The second kappa shape index (κ2) is 9.73. The summed E-state index contributed by atoms with van der Waals surface area (Å²) in [6.07, 6.45) is 0. The van der Waals surface area contributed by atoms with Gasteiger partial charge in [0.2, 0.25) is 5.91 Å². The summed E-state index contributed by atoms with van der Waals surface area (Å²) in [5.41, 5.74) is 1.36. The minimum absolute atomic E-state index is 0.0806. The highest BCUT2D eigenvalue weighted by molar-refractivity contribution is 7.80. The van der Waals surface area contributed by atoms with Crippen molar-refractivity contribution in [1.29, 1.82) is 0 Å². The molecule has 2 amide bonds. The fourth-order valence-electron chi connectivity index (χ4n) is 2.16. The van der Waals surface area contributed by atoms with E-state index in [0.717, 1.165) is 0 Å². The lowest BCUT2D eigenvalue weighted by Crippen LogP contribution is -2.34. The van der Waals surface area contributed by atoms with E-state index in [2.05, 4.69) is 16.0 Å². The van der Waals surface area contributed by atoms with Crippen LogP contribution in [-0.2, 0) is 4.79 Å². The molecule has 0 fully saturated rings. The second-order valence-electron chi connectivity index (χ2n) is 6.09. The first-order chi connectivity index (χ1) is 13.2. The summed E-state index contributed by atoms with van der Waals surface area (Å²) in [5, 5.41) is 8.95. The van der Waals surface area contributed by atoms with Crippen LogP contribution in [0.25, 0.3) is 0 Å². The van der Waals surface area contributed by atoms with Crippen LogP contribution in [0.2, 0.25) is 10.0 Å². The maximum absolute atomic E-state index is 12.3. The SMILES string of the molecule is COc1cc(NC(=S)NC(=O)c2ccc(Cl)cc2Cl)ccc1NC(=O)C(C)C. The number of rotatable bonds is 5. The van der Waals surface area contributed by atoms with Crippen molar-refractivity contribution in [2.24, 2.45) is 5.92 Å². The van der Waals surface area contributed by atoms with Gasteiger partial charge in [-0.1, -0.05) is 37.0 Å². The number of amides is 2. The fraction of sp³-hybridized carbons (Fsp3) is 0.211. The van der Waals surface area contributed by atoms with Crippen LogP contribution in [0.3, 0.4) is 0 Å². The molecule has 2 aromatic carbocycles. The number of carbonyl (C=O) groups excluding carboxylic acids is 2. The standard InChI is InChI=1S/C19H19Cl2N3O3S/c1-10(2)17(25)23-15-7-5-12(9-16(15)27-3)22-19(28)24-18(26)13-6-4-11(20)8-14(13)21/h4-10H,1-3H3,(H,23,25)(H2,22,24,26,28). The number of carbonyl (C=O) groups is 2. The molecule has 0 aliphatic carbocycles. The number of halogens is 2. The van der Waals surface area contributed by atoms with Gasteiger partial charge in [0.25, 0.3) is 5.91 Å². The largest absolute Gasteiger partial charge is 0.494 e. The van der Waals surface area contributed by atoms with Crippen LogP contribution >= 0.6 is 35.4 Å². The molecule has 9 heteroatoms. The zero-order valence-electron chi connectivity index (χ0n) is 15.4. The molecule has 6 nitrogen and oxygen atoms in total. The first-order valence-electron chi connectivity index (χ1n) is 8.27. The minimum atomic E-state index is -0.466. The number of hydrogen-bond donors (Lipinski definition) is 3. The number of thiocarbonyl (C=S) groups is 1. The normalized spacial score (nSPS) is 10.4. The quantitative estimate of drug-likeness (QED) is 0.587. The highest BCUT2D eigenvalue weighted by Gasteiger charge is 2.14. The molecule has 0 aliphatic heterocycles. The van der Waals surface area contributed by atoms with E-state index < -0.39 is 5.91 Å². The van der Waals surface area contributed by atoms with Crippen LogP contribution in [0, 0.1) is 5.92 Å². The average molecular weight is 440 g/mol. The third-order valence-corrected chi connectivity index (χ3v) is 4.40. The van der Waals surface area contributed by atoms with E-state index in [9.17, 15) is 9.59 Å². The Kier molecular flexibility index (Phi) is 7.62. The number of benzene rings is 2. The van der Waals surface area contributed by atoms with Crippen molar-refractivity contribution in [2.75, 3.05) is 17.7 Å². The lowest BCUT2D eigenvalue weighted by atomic mass is 10.2. The molecular weight excluding hydrogens is 421 g/mol. The molecule has 28 heavy (non-hydrogen) atoms. The number of ether oxygens (including phenoxy) is 1. The molecule has 2 rings (SSSR count). The van der Waals surface area contributed by atoms with E-state index in [0.29, 0.717) is 22.1 Å². The molecule has 0 radical (unpaired) electrons. The molecule has 2 aromatic rings. The maximum Gasteiger partial charge on any atom is 0.258 e. The van der Waals surface area contributed by atoms with Crippen LogP contribution in [0.1, 0.15) is 24.2 Å². The van der Waals surface area contributed by atoms with E-state index in [4.69, 9.17) is 40.2 Å². The Morgan fingerprint density at radius 3 is 2.39 bits per heavy atom. The zero-order valence-corrected chi connectivity index (χ0v) is 17.8. The number of anilines is 2. The molecule has 0 spiro atoms. The topological polar surface area (TPSA) is 79.5 Å². The predicted octanol–water partition coefficient (Wildman–Crippen LogP) is 4.72. The third-order valence-electron chi connectivity index (χ3n) is 3.64. The Morgan fingerprint density at radius 1 is 1.07 bits per heavy atom. The Balaban J connectivity index is 2.07. The fourth-order valence-corrected chi connectivity index (χ4v) is 2.86. The summed E-state index contributed by atoms with van der Waals surface area (Å²) >= 11 is 17.0. The van der Waals surface area contributed by atoms with Gasteiger partial charge in [0.05, 0.1) is 23.4 Å². The second-order valence-corrected chi connectivity index (χ2v) is 7.34. The Morgan fingerprint density at radius 2 is 1.79 bits per heavy atom. The van der Waals surface area contributed by atoms with Gasteiger partial charge >= 0.3 is 0 Å². The van der Waals surface area contributed by atoms with E-state index in [1.165, 1.54) is 19.2 Å². The smallest absolute Gasteiger partial charge is 0.258 e. The summed E-state index contributed by atoms with van der Waals surface area (Å²) in [4.78, 5) is 24.2. The molecule has 0 saturated heterocycles. The van der Waals surface area contributed by atoms with E-state index >= 15 is 0 Å². The molecule has 0 bridgehead atoms. The van der Waals surface area contributed by atoms with Crippen LogP contribution in [0.15, 0.2) is 36.4 Å². The van der Waals surface area contributed by atoms with Gasteiger partial charge in [-0.05, 0) is 42.5 Å². The van der Waals surface area contributed by atoms with Gasteiger partial charge in [0, 0.05) is 22.7 Å². The molecule has 0 aromatic heterocycles. The third kappa shape index (κ3) is 5.82. The molecule has 148 valence electrons. The minimum Gasteiger partial charge on any atom is -0.494 e. The van der Waals surface area contributed by atoms with E-state index in [1.54, 1.807) is 38.1 Å². The van der Waals surface area contributed by atoms with Crippen molar-refractivity contribution in [3.63, 3.8) is 0 Å². The Hall–Kier alpha value is -2.35. The Bertz CT molecular complexity index is 919. The molecule has 3 N–H and O–H groups in total. The lowest BCUT2D eigenvalue weighted by Gasteiger charge is -2.15. The zero-order chi connectivity index (χ0) is 20.8. The van der Waals surface area contributed by atoms with Gasteiger partial charge in [-0.3, -0.25) is 14.9 Å². The van der Waals surface area contributed by atoms with Crippen LogP contribution < -0.4 is 20.7 Å². The Labute approximate surface area is 178 Å². The molecule has 0 aliphatic rings. The average Bonchev–Trinajstić information content (AvgIpc) is 2.62. The van der Waals surface area contributed by atoms with Gasteiger partial charge in [-0.25, -0.2) is 0 Å². The molecule has 0 saturated carbocycles.